The maximum atomic E-state index is 5.79. The summed E-state index contributed by atoms with van der Waals surface area (Å²) in [5, 5.41) is 0. The van der Waals surface area contributed by atoms with Gasteiger partial charge in [0.25, 0.3) is 0 Å². The maximum Gasteiger partial charge on any atom is 0.122 e. The van der Waals surface area contributed by atoms with Crippen LogP contribution in [0.25, 0.3) is 0 Å². The van der Waals surface area contributed by atoms with Crippen molar-refractivity contribution in [1.82, 2.24) is 0 Å². The zero-order chi connectivity index (χ0) is 13.5. The highest BCUT2D eigenvalue weighted by Crippen LogP contribution is 2.16. The van der Waals surface area contributed by atoms with Crippen molar-refractivity contribution in [2.75, 3.05) is 6.61 Å². The molecule has 100 valence electrons. The Labute approximate surface area is 116 Å². The van der Waals surface area contributed by atoms with Gasteiger partial charge in [-0.3, -0.25) is 0 Å². The van der Waals surface area contributed by atoms with Gasteiger partial charge < -0.3 is 4.74 Å². The molecule has 0 spiro atoms. The summed E-state index contributed by atoms with van der Waals surface area (Å²) in [6, 6.07) is 17.0. The molecular formula is C18H22O. The highest BCUT2D eigenvalue weighted by Gasteiger charge is 1.98. The lowest BCUT2D eigenvalue weighted by Crippen LogP contribution is -1.99. The molecule has 0 bridgehead atoms. The van der Waals surface area contributed by atoms with E-state index >= 15 is 0 Å². The minimum absolute atomic E-state index is 0.802. The molecule has 0 unspecified atom stereocenters. The molecule has 2 aromatic rings. The molecule has 0 N–H and O–H groups in total. The smallest absolute Gasteiger partial charge is 0.122 e. The predicted octanol–water partition coefficient (Wildman–Crippen LogP) is 4.71. The summed E-state index contributed by atoms with van der Waals surface area (Å²) in [5.74, 6) is 1.01. The minimum Gasteiger partial charge on any atom is -0.493 e. The van der Waals surface area contributed by atoms with Crippen molar-refractivity contribution in [3.05, 3.63) is 65.2 Å². The minimum atomic E-state index is 0.802. The summed E-state index contributed by atoms with van der Waals surface area (Å²) in [5.41, 5.74) is 3.95. The van der Waals surface area contributed by atoms with Gasteiger partial charge in [-0.1, -0.05) is 48.0 Å². The van der Waals surface area contributed by atoms with Crippen LogP contribution >= 0.6 is 0 Å². The Morgan fingerprint density at radius 3 is 2.32 bits per heavy atom. The monoisotopic (exact) mass is 254 g/mol. The molecule has 0 saturated carbocycles. The zero-order valence-corrected chi connectivity index (χ0v) is 11.9. The largest absolute Gasteiger partial charge is 0.493 e. The maximum absolute atomic E-state index is 5.79. The van der Waals surface area contributed by atoms with Gasteiger partial charge in [-0.2, -0.15) is 0 Å². The summed E-state index contributed by atoms with van der Waals surface area (Å²) in [6.07, 6.45) is 3.41. The van der Waals surface area contributed by atoms with Crippen LogP contribution in [0.4, 0.5) is 0 Å². The van der Waals surface area contributed by atoms with E-state index in [9.17, 15) is 0 Å². The lowest BCUT2D eigenvalue weighted by Gasteiger charge is -2.08. The SMILES string of the molecule is Cc1ccc(CCCCOc2ccccc2C)cc1. The van der Waals surface area contributed by atoms with Crippen LogP contribution < -0.4 is 4.74 Å². The molecule has 0 fully saturated rings. The topological polar surface area (TPSA) is 9.23 Å². The number of ether oxygens (including phenoxy) is 1. The van der Waals surface area contributed by atoms with E-state index in [2.05, 4.69) is 44.2 Å². The molecule has 0 heterocycles. The van der Waals surface area contributed by atoms with Gasteiger partial charge in [0.05, 0.1) is 6.61 Å². The molecule has 0 radical (unpaired) electrons. The molecule has 0 aliphatic heterocycles. The van der Waals surface area contributed by atoms with Crippen molar-refractivity contribution in [3.8, 4) is 5.75 Å². The third-order valence-corrected chi connectivity index (χ3v) is 3.33. The Hall–Kier alpha value is -1.76. The van der Waals surface area contributed by atoms with Crippen LogP contribution in [-0.4, -0.2) is 6.61 Å². The summed E-state index contributed by atoms with van der Waals surface area (Å²) in [6.45, 7) is 5.01. The van der Waals surface area contributed by atoms with Gasteiger partial charge in [0, 0.05) is 0 Å². The summed E-state index contributed by atoms with van der Waals surface area (Å²) in [4.78, 5) is 0. The fourth-order valence-corrected chi connectivity index (χ4v) is 2.09. The number of unbranched alkanes of at least 4 members (excludes halogenated alkanes) is 1. The van der Waals surface area contributed by atoms with Crippen LogP contribution in [0.5, 0.6) is 5.75 Å². The third-order valence-electron chi connectivity index (χ3n) is 3.33. The van der Waals surface area contributed by atoms with E-state index in [-0.39, 0.29) is 0 Å². The lowest BCUT2D eigenvalue weighted by atomic mass is 10.1. The molecule has 2 aromatic carbocycles. The first-order chi connectivity index (χ1) is 9.25. The van der Waals surface area contributed by atoms with Gasteiger partial charge in [-0.15, -0.1) is 0 Å². The number of aryl methyl sites for hydroxylation is 3. The van der Waals surface area contributed by atoms with Gasteiger partial charge in [0.15, 0.2) is 0 Å². The first-order valence-corrected chi connectivity index (χ1v) is 7.00. The molecule has 0 saturated heterocycles. The highest BCUT2D eigenvalue weighted by atomic mass is 16.5. The number of benzene rings is 2. The number of hydrogen-bond donors (Lipinski definition) is 0. The van der Waals surface area contributed by atoms with Crippen LogP contribution in [0.1, 0.15) is 29.5 Å². The molecule has 0 aromatic heterocycles. The van der Waals surface area contributed by atoms with Gasteiger partial charge >= 0.3 is 0 Å². The van der Waals surface area contributed by atoms with E-state index in [1.165, 1.54) is 23.1 Å². The van der Waals surface area contributed by atoms with Crippen LogP contribution in [0.15, 0.2) is 48.5 Å². The number of rotatable bonds is 6. The molecule has 0 aliphatic rings. The Balaban J connectivity index is 1.67. The molecular weight excluding hydrogens is 232 g/mol. The molecule has 0 amide bonds. The van der Waals surface area contributed by atoms with E-state index < -0.39 is 0 Å². The summed E-state index contributed by atoms with van der Waals surface area (Å²) in [7, 11) is 0. The van der Waals surface area contributed by atoms with E-state index in [1.54, 1.807) is 0 Å². The molecule has 2 rings (SSSR count). The van der Waals surface area contributed by atoms with E-state index in [0.29, 0.717) is 0 Å². The van der Waals surface area contributed by atoms with E-state index in [4.69, 9.17) is 4.74 Å². The zero-order valence-electron chi connectivity index (χ0n) is 11.9. The second kappa shape index (κ2) is 6.98. The van der Waals surface area contributed by atoms with Gasteiger partial charge in [-0.05, 0) is 50.3 Å². The van der Waals surface area contributed by atoms with Crippen molar-refractivity contribution < 1.29 is 4.74 Å². The van der Waals surface area contributed by atoms with Gasteiger partial charge in [-0.25, -0.2) is 0 Å². The van der Waals surface area contributed by atoms with Crippen LogP contribution in [-0.2, 0) is 6.42 Å². The molecule has 1 nitrogen and oxygen atoms in total. The van der Waals surface area contributed by atoms with Crippen molar-refractivity contribution in [3.63, 3.8) is 0 Å². The number of para-hydroxylation sites is 1. The average Bonchev–Trinajstić information content (AvgIpc) is 2.42. The molecule has 0 aliphatic carbocycles. The van der Waals surface area contributed by atoms with Crippen LogP contribution in [0.3, 0.4) is 0 Å². The average molecular weight is 254 g/mol. The summed E-state index contributed by atoms with van der Waals surface area (Å²) < 4.78 is 5.79. The third kappa shape index (κ3) is 4.44. The first-order valence-electron chi connectivity index (χ1n) is 7.00. The highest BCUT2D eigenvalue weighted by molar-refractivity contribution is 5.31. The Bertz CT molecular complexity index is 499. The van der Waals surface area contributed by atoms with Crippen LogP contribution in [0.2, 0.25) is 0 Å². The Morgan fingerprint density at radius 1 is 0.842 bits per heavy atom. The lowest BCUT2D eigenvalue weighted by molar-refractivity contribution is 0.305. The van der Waals surface area contributed by atoms with Crippen molar-refractivity contribution in [2.24, 2.45) is 0 Å². The van der Waals surface area contributed by atoms with E-state index in [1.807, 2.05) is 18.2 Å². The van der Waals surface area contributed by atoms with Crippen molar-refractivity contribution in [1.29, 1.82) is 0 Å². The standard InChI is InChI=1S/C18H22O/c1-15-10-12-17(13-11-15)8-5-6-14-19-18-9-4-3-7-16(18)2/h3-4,7,9-13H,5-6,8,14H2,1-2H3. The Morgan fingerprint density at radius 2 is 1.58 bits per heavy atom. The fourth-order valence-electron chi connectivity index (χ4n) is 2.09. The predicted molar refractivity (Wildman–Crippen MR) is 80.8 cm³/mol. The first kappa shape index (κ1) is 13.7. The second-order valence-corrected chi connectivity index (χ2v) is 5.06. The van der Waals surface area contributed by atoms with Crippen LogP contribution in [0, 0.1) is 13.8 Å². The van der Waals surface area contributed by atoms with Crippen molar-refractivity contribution >= 4 is 0 Å². The molecule has 0 atom stereocenters. The normalized spacial score (nSPS) is 10.4. The molecule has 1 heteroatoms. The molecule has 19 heavy (non-hydrogen) atoms. The quantitative estimate of drug-likeness (QED) is 0.679. The van der Waals surface area contributed by atoms with Gasteiger partial charge in [0.1, 0.15) is 5.75 Å². The fraction of sp³-hybridized carbons (Fsp3) is 0.333. The van der Waals surface area contributed by atoms with Gasteiger partial charge in [0.2, 0.25) is 0 Å². The summed E-state index contributed by atoms with van der Waals surface area (Å²) >= 11 is 0. The van der Waals surface area contributed by atoms with E-state index in [0.717, 1.165) is 25.2 Å². The number of hydrogen-bond acceptors (Lipinski definition) is 1. The van der Waals surface area contributed by atoms with Crippen molar-refractivity contribution in [2.45, 2.75) is 33.1 Å². The second-order valence-electron chi connectivity index (χ2n) is 5.06. The Kier molecular flexibility index (Phi) is 5.02.